The van der Waals surface area contributed by atoms with E-state index in [1.807, 2.05) is 72.4 Å². The Morgan fingerprint density at radius 3 is 2.50 bits per heavy atom. The number of nitrogens with one attached hydrogen (secondary N) is 1. The van der Waals surface area contributed by atoms with Crippen LogP contribution in [0.5, 0.6) is 5.75 Å². The van der Waals surface area contributed by atoms with Crippen molar-refractivity contribution < 1.29 is 9.53 Å². The summed E-state index contributed by atoms with van der Waals surface area (Å²) in [5, 5.41) is 3.12. The molecular weight excluding hydrogens is 326 g/mol. The monoisotopic (exact) mass is 349 g/mol. The summed E-state index contributed by atoms with van der Waals surface area (Å²) in [6.07, 6.45) is 4.76. The molecule has 1 aromatic heterocycles. The van der Waals surface area contributed by atoms with E-state index in [1.165, 1.54) is 0 Å². The van der Waals surface area contributed by atoms with Crippen LogP contribution in [0.25, 0.3) is 0 Å². The van der Waals surface area contributed by atoms with E-state index in [1.54, 1.807) is 13.3 Å². The zero-order valence-electron chi connectivity index (χ0n) is 15.1. The van der Waals surface area contributed by atoms with Crippen molar-refractivity contribution in [1.82, 2.24) is 14.9 Å². The molecule has 0 bridgehead atoms. The molecular formula is C21H23N3O2. The number of imidazole rings is 1. The molecule has 0 saturated carbocycles. The Balaban J connectivity index is 1.75. The van der Waals surface area contributed by atoms with Crippen LogP contribution in [0.1, 0.15) is 29.4 Å². The lowest BCUT2D eigenvalue weighted by molar-refractivity contribution is -0.121. The van der Waals surface area contributed by atoms with Gasteiger partial charge in [-0.1, -0.05) is 42.5 Å². The topological polar surface area (TPSA) is 56.1 Å². The summed E-state index contributed by atoms with van der Waals surface area (Å²) >= 11 is 0. The van der Waals surface area contributed by atoms with Gasteiger partial charge in [0.25, 0.3) is 0 Å². The van der Waals surface area contributed by atoms with E-state index < -0.39 is 0 Å². The summed E-state index contributed by atoms with van der Waals surface area (Å²) in [6, 6.07) is 17.4. The summed E-state index contributed by atoms with van der Waals surface area (Å²) in [7, 11) is 3.56. The van der Waals surface area contributed by atoms with Gasteiger partial charge in [-0.3, -0.25) is 4.79 Å². The highest BCUT2D eigenvalue weighted by molar-refractivity contribution is 5.77. The van der Waals surface area contributed by atoms with Crippen molar-refractivity contribution in [2.24, 2.45) is 7.05 Å². The number of carbonyl (C=O) groups excluding carboxylic acids is 1. The summed E-state index contributed by atoms with van der Waals surface area (Å²) in [4.78, 5) is 17.0. The summed E-state index contributed by atoms with van der Waals surface area (Å²) in [5.41, 5.74) is 2.12. The Labute approximate surface area is 153 Å². The maximum atomic E-state index is 12.6. The van der Waals surface area contributed by atoms with Crippen LogP contribution in [0, 0.1) is 0 Å². The first-order valence-electron chi connectivity index (χ1n) is 8.62. The van der Waals surface area contributed by atoms with E-state index in [2.05, 4.69) is 10.3 Å². The predicted octanol–water partition coefficient (Wildman–Crippen LogP) is 3.27. The molecule has 1 atom stereocenters. The highest BCUT2D eigenvalue weighted by Gasteiger charge is 2.20. The molecule has 0 saturated heterocycles. The maximum absolute atomic E-state index is 12.6. The molecule has 134 valence electrons. The van der Waals surface area contributed by atoms with Gasteiger partial charge in [0, 0.05) is 25.9 Å². The number of ether oxygens (including phenoxy) is 1. The number of nitrogens with zero attached hydrogens (tertiary/aromatic N) is 2. The van der Waals surface area contributed by atoms with Crippen molar-refractivity contribution in [1.29, 1.82) is 0 Å². The van der Waals surface area contributed by atoms with Crippen LogP contribution >= 0.6 is 0 Å². The Bertz CT molecular complexity index is 841. The van der Waals surface area contributed by atoms with Crippen molar-refractivity contribution >= 4 is 5.91 Å². The van der Waals surface area contributed by atoms with Gasteiger partial charge in [-0.05, 0) is 29.7 Å². The molecule has 3 rings (SSSR count). The first-order valence-corrected chi connectivity index (χ1v) is 8.62. The van der Waals surface area contributed by atoms with Crippen molar-refractivity contribution in [2.45, 2.75) is 18.9 Å². The number of methoxy groups -OCH3 is 1. The molecule has 0 aliphatic heterocycles. The van der Waals surface area contributed by atoms with E-state index in [9.17, 15) is 4.79 Å². The Morgan fingerprint density at radius 2 is 1.88 bits per heavy atom. The summed E-state index contributed by atoms with van der Waals surface area (Å²) in [6.45, 7) is 0. The standard InChI is InChI=1S/C21H23N3O2/c1-24-15-14-22-21(24)20(17-9-11-18(26-2)12-10-17)23-19(25)13-8-16-6-4-3-5-7-16/h3-7,9-12,14-15,20H,8,13H2,1-2H3,(H,23,25)/t20-/m0/s1. The SMILES string of the molecule is COc1ccc([C@H](NC(=O)CCc2ccccc2)c2nccn2C)cc1. The van der Waals surface area contributed by atoms with Crippen molar-refractivity contribution in [3.8, 4) is 5.75 Å². The molecule has 0 spiro atoms. The molecule has 0 fully saturated rings. The molecule has 0 aliphatic rings. The molecule has 0 aliphatic carbocycles. The fraction of sp³-hybridized carbons (Fsp3) is 0.238. The van der Waals surface area contributed by atoms with E-state index in [0.29, 0.717) is 12.8 Å². The second-order valence-corrected chi connectivity index (χ2v) is 6.16. The lowest BCUT2D eigenvalue weighted by Crippen LogP contribution is -2.31. The van der Waals surface area contributed by atoms with E-state index in [4.69, 9.17) is 4.74 Å². The maximum Gasteiger partial charge on any atom is 0.221 e. The predicted molar refractivity (Wildman–Crippen MR) is 101 cm³/mol. The second kappa shape index (κ2) is 8.34. The minimum Gasteiger partial charge on any atom is -0.497 e. The molecule has 26 heavy (non-hydrogen) atoms. The molecule has 1 amide bonds. The van der Waals surface area contributed by atoms with Crippen molar-refractivity contribution in [2.75, 3.05) is 7.11 Å². The summed E-state index contributed by atoms with van der Waals surface area (Å²) in [5.74, 6) is 1.57. The smallest absolute Gasteiger partial charge is 0.221 e. The average Bonchev–Trinajstić information content (AvgIpc) is 3.11. The van der Waals surface area contributed by atoms with Gasteiger partial charge >= 0.3 is 0 Å². The fourth-order valence-electron chi connectivity index (χ4n) is 2.88. The minimum absolute atomic E-state index is 0.00216. The number of carbonyl (C=O) groups is 1. The molecule has 5 nitrogen and oxygen atoms in total. The van der Waals surface area contributed by atoms with Crippen molar-refractivity contribution in [3.05, 3.63) is 83.9 Å². The fourth-order valence-corrected chi connectivity index (χ4v) is 2.88. The first kappa shape index (κ1) is 17.7. The number of hydrogen-bond acceptors (Lipinski definition) is 3. The third kappa shape index (κ3) is 4.30. The van der Waals surface area contributed by atoms with Crippen LogP contribution in [-0.4, -0.2) is 22.6 Å². The van der Waals surface area contributed by atoms with Gasteiger partial charge in [0.1, 0.15) is 17.6 Å². The number of aryl methyl sites for hydroxylation is 2. The average molecular weight is 349 g/mol. The van der Waals surface area contributed by atoms with Gasteiger partial charge in [-0.2, -0.15) is 0 Å². The highest BCUT2D eigenvalue weighted by Crippen LogP contribution is 2.23. The third-order valence-corrected chi connectivity index (χ3v) is 4.35. The van der Waals surface area contributed by atoms with Crippen LogP contribution in [0.15, 0.2) is 67.0 Å². The molecule has 1 heterocycles. The largest absolute Gasteiger partial charge is 0.497 e. The van der Waals surface area contributed by atoms with Crippen molar-refractivity contribution in [3.63, 3.8) is 0 Å². The zero-order valence-corrected chi connectivity index (χ0v) is 15.1. The summed E-state index contributed by atoms with van der Waals surface area (Å²) < 4.78 is 7.15. The second-order valence-electron chi connectivity index (χ2n) is 6.16. The molecule has 0 unspecified atom stereocenters. The lowest BCUT2D eigenvalue weighted by atomic mass is 10.0. The van der Waals surface area contributed by atoms with Crippen LogP contribution in [0.2, 0.25) is 0 Å². The number of amides is 1. The van der Waals surface area contributed by atoms with Gasteiger partial charge in [-0.15, -0.1) is 0 Å². The highest BCUT2D eigenvalue weighted by atomic mass is 16.5. The van der Waals surface area contributed by atoms with Crippen LogP contribution in [-0.2, 0) is 18.3 Å². The van der Waals surface area contributed by atoms with E-state index in [0.717, 1.165) is 22.7 Å². The number of aromatic nitrogens is 2. The van der Waals surface area contributed by atoms with Crippen LogP contribution < -0.4 is 10.1 Å². The quantitative estimate of drug-likeness (QED) is 0.712. The number of rotatable bonds is 7. The van der Waals surface area contributed by atoms with Crippen LogP contribution in [0.4, 0.5) is 0 Å². The minimum atomic E-state index is -0.302. The number of hydrogen-bond donors (Lipinski definition) is 1. The van der Waals surface area contributed by atoms with Gasteiger partial charge in [0.2, 0.25) is 5.91 Å². The Hall–Kier alpha value is -3.08. The molecule has 1 N–H and O–H groups in total. The van der Waals surface area contributed by atoms with Gasteiger partial charge in [0.15, 0.2) is 0 Å². The van der Waals surface area contributed by atoms with Crippen LogP contribution in [0.3, 0.4) is 0 Å². The third-order valence-electron chi connectivity index (χ3n) is 4.35. The number of benzene rings is 2. The normalized spacial score (nSPS) is 11.8. The Morgan fingerprint density at radius 1 is 1.15 bits per heavy atom. The first-order chi connectivity index (χ1) is 12.7. The molecule has 3 aromatic rings. The van der Waals surface area contributed by atoms with E-state index in [-0.39, 0.29) is 11.9 Å². The van der Waals surface area contributed by atoms with Gasteiger partial charge in [0.05, 0.1) is 7.11 Å². The molecule has 2 aromatic carbocycles. The zero-order chi connectivity index (χ0) is 18.4. The Kier molecular flexibility index (Phi) is 5.69. The molecule has 5 heteroatoms. The lowest BCUT2D eigenvalue weighted by Gasteiger charge is -2.19. The molecule has 0 radical (unpaired) electrons. The van der Waals surface area contributed by atoms with E-state index >= 15 is 0 Å². The van der Waals surface area contributed by atoms with Gasteiger partial charge < -0.3 is 14.6 Å². The van der Waals surface area contributed by atoms with Gasteiger partial charge in [-0.25, -0.2) is 4.98 Å².